The number of hydrogen-bond acceptors (Lipinski definition) is 5. The SMILES string of the molecule is O=C(c1ccc(Br)c([N+](=O)[O-])c1)N1CCn2cnnc2C1. The molecule has 0 unspecified atom stereocenters. The number of carbonyl (C=O) groups excluding carboxylic acids is 1. The number of halogens is 1. The van der Waals surface area contributed by atoms with Crippen molar-refractivity contribution in [3.63, 3.8) is 0 Å². The summed E-state index contributed by atoms with van der Waals surface area (Å²) in [5.74, 6) is 0.459. The summed E-state index contributed by atoms with van der Waals surface area (Å²) in [6, 6.07) is 4.36. The molecule has 0 aliphatic carbocycles. The number of aromatic nitrogens is 3. The van der Waals surface area contributed by atoms with Crippen LogP contribution in [0.2, 0.25) is 0 Å². The van der Waals surface area contributed by atoms with Gasteiger partial charge in [0.2, 0.25) is 0 Å². The number of benzene rings is 1. The van der Waals surface area contributed by atoms with Gasteiger partial charge >= 0.3 is 0 Å². The van der Waals surface area contributed by atoms with Crippen LogP contribution in [-0.2, 0) is 13.1 Å². The topological polar surface area (TPSA) is 94.2 Å². The zero-order chi connectivity index (χ0) is 15.0. The normalized spacial score (nSPS) is 13.9. The molecule has 21 heavy (non-hydrogen) atoms. The van der Waals surface area contributed by atoms with E-state index < -0.39 is 4.92 Å². The van der Waals surface area contributed by atoms with Gasteiger partial charge in [-0.1, -0.05) is 0 Å². The fraction of sp³-hybridized carbons (Fsp3) is 0.250. The van der Waals surface area contributed by atoms with Crippen molar-refractivity contribution in [3.8, 4) is 0 Å². The number of nitro groups is 1. The van der Waals surface area contributed by atoms with E-state index in [0.29, 0.717) is 29.9 Å². The lowest BCUT2D eigenvalue weighted by Crippen LogP contribution is -2.38. The third kappa shape index (κ3) is 2.51. The summed E-state index contributed by atoms with van der Waals surface area (Å²) in [4.78, 5) is 24.5. The van der Waals surface area contributed by atoms with Crippen LogP contribution in [0.25, 0.3) is 0 Å². The molecular weight excluding hydrogens is 342 g/mol. The van der Waals surface area contributed by atoms with Gasteiger partial charge in [-0.05, 0) is 28.1 Å². The maximum atomic E-state index is 12.4. The molecule has 1 aliphatic rings. The highest BCUT2D eigenvalue weighted by atomic mass is 79.9. The highest BCUT2D eigenvalue weighted by Crippen LogP contribution is 2.26. The fourth-order valence-electron chi connectivity index (χ4n) is 2.21. The van der Waals surface area contributed by atoms with Gasteiger partial charge in [0.15, 0.2) is 5.82 Å². The molecule has 1 aromatic heterocycles. The minimum atomic E-state index is -0.520. The number of hydrogen-bond donors (Lipinski definition) is 0. The molecule has 0 fully saturated rings. The molecule has 9 heteroatoms. The maximum absolute atomic E-state index is 12.4. The molecule has 2 heterocycles. The van der Waals surface area contributed by atoms with Gasteiger partial charge in [0.05, 0.1) is 15.9 Å². The molecule has 0 spiro atoms. The fourth-order valence-corrected chi connectivity index (χ4v) is 2.60. The number of nitrogens with zero attached hydrogens (tertiary/aromatic N) is 5. The Balaban J connectivity index is 1.86. The van der Waals surface area contributed by atoms with Gasteiger partial charge in [-0.2, -0.15) is 0 Å². The summed E-state index contributed by atoms with van der Waals surface area (Å²) in [6.45, 7) is 1.49. The Bertz CT molecular complexity index is 729. The van der Waals surface area contributed by atoms with Crippen molar-refractivity contribution in [1.82, 2.24) is 19.7 Å². The first-order chi connectivity index (χ1) is 10.1. The molecule has 2 aromatic rings. The lowest BCUT2D eigenvalue weighted by Gasteiger charge is -2.27. The minimum Gasteiger partial charge on any atom is -0.329 e. The quantitative estimate of drug-likeness (QED) is 0.605. The third-order valence-electron chi connectivity index (χ3n) is 3.32. The lowest BCUT2D eigenvalue weighted by atomic mass is 10.1. The van der Waals surface area contributed by atoms with Crippen LogP contribution in [0.5, 0.6) is 0 Å². The van der Waals surface area contributed by atoms with Crippen molar-refractivity contribution in [2.24, 2.45) is 0 Å². The number of carbonyl (C=O) groups is 1. The molecule has 0 saturated carbocycles. The van der Waals surface area contributed by atoms with E-state index in [1.165, 1.54) is 12.1 Å². The van der Waals surface area contributed by atoms with E-state index in [1.807, 2.05) is 4.57 Å². The van der Waals surface area contributed by atoms with Crippen molar-refractivity contribution in [2.45, 2.75) is 13.1 Å². The van der Waals surface area contributed by atoms with E-state index in [-0.39, 0.29) is 17.2 Å². The predicted octanol–water partition coefficient (Wildman–Crippen LogP) is 1.60. The Kier molecular flexibility index (Phi) is 3.42. The molecule has 1 amide bonds. The summed E-state index contributed by atoms with van der Waals surface area (Å²) in [5, 5.41) is 18.7. The second kappa shape index (κ2) is 5.24. The molecule has 3 rings (SSSR count). The number of fused-ring (bicyclic) bond motifs is 1. The van der Waals surface area contributed by atoms with Gasteiger partial charge in [0.25, 0.3) is 11.6 Å². The van der Waals surface area contributed by atoms with Crippen LogP contribution in [0, 0.1) is 10.1 Å². The molecule has 0 N–H and O–H groups in total. The van der Waals surface area contributed by atoms with E-state index >= 15 is 0 Å². The first-order valence-corrected chi connectivity index (χ1v) is 6.95. The zero-order valence-electron chi connectivity index (χ0n) is 10.8. The van der Waals surface area contributed by atoms with Crippen LogP contribution < -0.4 is 0 Å². The van der Waals surface area contributed by atoms with Gasteiger partial charge < -0.3 is 9.47 Å². The average Bonchev–Trinajstić information content (AvgIpc) is 2.94. The van der Waals surface area contributed by atoms with Crippen molar-refractivity contribution in [2.75, 3.05) is 6.54 Å². The molecule has 108 valence electrons. The van der Waals surface area contributed by atoms with Crippen LogP contribution in [0.3, 0.4) is 0 Å². The second-order valence-corrected chi connectivity index (χ2v) is 5.44. The van der Waals surface area contributed by atoms with E-state index in [4.69, 9.17) is 0 Å². The third-order valence-corrected chi connectivity index (χ3v) is 3.99. The predicted molar refractivity (Wildman–Crippen MR) is 75.6 cm³/mol. The second-order valence-electron chi connectivity index (χ2n) is 4.59. The summed E-state index contributed by atoms with van der Waals surface area (Å²) < 4.78 is 2.23. The Morgan fingerprint density at radius 3 is 2.95 bits per heavy atom. The highest BCUT2D eigenvalue weighted by molar-refractivity contribution is 9.10. The standard InChI is InChI=1S/C12H10BrN5O3/c13-9-2-1-8(5-10(9)18(20)21)12(19)16-3-4-17-7-14-15-11(17)6-16/h1-2,5,7H,3-4,6H2. The van der Waals surface area contributed by atoms with E-state index in [0.717, 1.165) is 0 Å². The first-order valence-electron chi connectivity index (χ1n) is 6.16. The molecule has 8 nitrogen and oxygen atoms in total. The van der Waals surface area contributed by atoms with Gasteiger partial charge in [0.1, 0.15) is 6.33 Å². The summed E-state index contributed by atoms with van der Waals surface area (Å²) in [7, 11) is 0. The number of rotatable bonds is 2. The Morgan fingerprint density at radius 1 is 1.38 bits per heavy atom. The lowest BCUT2D eigenvalue weighted by molar-refractivity contribution is -0.385. The largest absolute Gasteiger partial charge is 0.329 e. The maximum Gasteiger partial charge on any atom is 0.284 e. The van der Waals surface area contributed by atoms with Crippen molar-refractivity contribution in [1.29, 1.82) is 0 Å². The van der Waals surface area contributed by atoms with E-state index in [2.05, 4.69) is 26.1 Å². The molecule has 0 radical (unpaired) electrons. The van der Waals surface area contributed by atoms with Crippen LogP contribution in [0.4, 0.5) is 5.69 Å². The van der Waals surface area contributed by atoms with Crippen molar-refractivity contribution >= 4 is 27.5 Å². The van der Waals surface area contributed by atoms with Crippen LogP contribution in [0.15, 0.2) is 29.0 Å². The van der Waals surface area contributed by atoms with Gasteiger partial charge in [-0.3, -0.25) is 14.9 Å². The number of nitro benzene ring substituents is 1. The Labute approximate surface area is 127 Å². The average molecular weight is 352 g/mol. The first kappa shape index (κ1) is 13.7. The Hall–Kier alpha value is -2.29. The number of amides is 1. The van der Waals surface area contributed by atoms with Crippen LogP contribution >= 0.6 is 15.9 Å². The summed E-state index contributed by atoms with van der Waals surface area (Å²) >= 11 is 3.10. The zero-order valence-corrected chi connectivity index (χ0v) is 12.4. The molecule has 1 aromatic carbocycles. The van der Waals surface area contributed by atoms with E-state index in [9.17, 15) is 14.9 Å². The molecule has 1 aliphatic heterocycles. The monoisotopic (exact) mass is 351 g/mol. The smallest absolute Gasteiger partial charge is 0.284 e. The van der Waals surface area contributed by atoms with Gasteiger partial charge in [0, 0.05) is 24.7 Å². The summed E-state index contributed by atoms with van der Waals surface area (Å²) in [5.41, 5.74) is 0.166. The van der Waals surface area contributed by atoms with Crippen LogP contribution in [-0.4, -0.2) is 37.0 Å². The molecule has 0 bridgehead atoms. The minimum absolute atomic E-state index is 0.124. The molecule has 0 saturated heterocycles. The van der Waals surface area contributed by atoms with E-state index in [1.54, 1.807) is 17.3 Å². The van der Waals surface area contributed by atoms with Crippen molar-refractivity contribution in [3.05, 3.63) is 50.5 Å². The highest BCUT2D eigenvalue weighted by Gasteiger charge is 2.24. The van der Waals surface area contributed by atoms with Crippen LogP contribution in [0.1, 0.15) is 16.2 Å². The van der Waals surface area contributed by atoms with Gasteiger partial charge in [-0.15, -0.1) is 10.2 Å². The molecular formula is C12H10BrN5O3. The summed E-state index contributed by atoms with van der Waals surface area (Å²) in [6.07, 6.45) is 1.63. The molecule has 0 atom stereocenters. The Morgan fingerprint density at radius 2 is 2.19 bits per heavy atom. The van der Waals surface area contributed by atoms with Crippen molar-refractivity contribution < 1.29 is 9.72 Å². The van der Waals surface area contributed by atoms with Gasteiger partial charge in [-0.25, -0.2) is 0 Å².